The summed E-state index contributed by atoms with van der Waals surface area (Å²) < 4.78 is 4.32. The van der Waals surface area contributed by atoms with Gasteiger partial charge in [-0.2, -0.15) is 0 Å². The first kappa shape index (κ1) is 37.4. The molecule has 12 heteroatoms. The van der Waals surface area contributed by atoms with Gasteiger partial charge in [-0.25, -0.2) is 57.4 Å². The quantitative estimate of drug-likeness (QED) is 0.168. The Hall–Kier alpha value is -3.45. The number of hydrogen-bond donors (Lipinski definition) is 0. The normalized spacial score (nSPS) is 27.8. The van der Waals surface area contributed by atoms with Crippen LogP contribution in [-0.2, 0) is 14.4 Å². The fraction of sp³-hybridized carbons (Fsp3) is 0.833. The van der Waals surface area contributed by atoms with Crippen LogP contribution in [0, 0.1) is 17.8 Å². The van der Waals surface area contributed by atoms with E-state index in [1.165, 1.54) is 13.7 Å². The number of isocyanates is 3. The lowest BCUT2D eigenvalue weighted by Gasteiger charge is -2.37. The zero-order valence-corrected chi connectivity index (χ0v) is 29.1. The Balaban J connectivity index is 1.89. The SMILES string of the molecule is CCCC(C1CCC(N=C=O)CC1)n1c(=O)n(C(CCC)C2CCC(N=C=O)CC2)c(=O)n(C(CCC)C2CCC(N=C=O)CC2)c1=O. The maximum atomic E-state index is 14.8. The minimum Gasteiger partial charge on any atom is -0.247 e. The Morgan fingerprint density at radius 2 is 0.708 bits per heavy atom. The molecule has 0 saturated heterocycles. The van der Waals surface area contributed by atoms with Crippen LogP contribution < -0.4 is 17.1 Å². The van der Waals surface area contributed by atoms with Crippen LogP contribution in [0.15, 0.2) is 29.4 Å². The van der Waals surface area contributed by atoms with E-state index in [-0.39, 0.29) is 54.0 Å². The van der Waals surface area contributed by atoms with E-state index in [0.717, 1.165) is 57.8 Å². The lowest BCUT2D eigenvalue weighted by atomic mass is 9.79. The van der Waals surface area contributed by atoms with Crippen molar-refractivity contribution >= 4 is 18.2 Å². The van der Waals surface area contributed by atoms with Crippen LogP contribution in [0.5, 0.6) is 0 Å². The van der Waals surface area contributed by atoms with E-state index in [0.29, 0.717) is 57.8 Å². The molecule has 3 saturated carbocycles. The summed E-state index contributed by atoms with van der Waals surface area (Å²) in [6.45, 7) is 6.15. The highest BCUT2D eigenvalue weighted by Gasteiger charge is 2.38. The van der Waals surface area contributed by atoms with Crippen molar-refractivity contribution in [2.75, 3.05) is 0 Å². The first-order chi connectivity index (χ1) is 23.3. The maximum absolute atomic E-state index is 14.8. The highest BCUT2D eigenvalue weighted by atomic mass is 16.2. The van der Waals surface area contributed by atoms with Crippen LogP contribution in [0.25, 0.3) is 0 Å². The molecule has 0 N–H and O–H groups in total. The average molecular weight is 667 g/mol. The van der Waals surface area contributed by atoms with Crippen molar-refractivity contribution in [3.63, 3.8) is 0 Å². The molecule has 264 valence electrons. The second kappa shape index (κ2) is 18.4. The van der Waals surface area contributed by atoms with Crippen molar-refractivity contribution in [2.24, 2.45) is 32.7 Å². The summed E-state index contributed by atoms with van der Waals surface area (Å²) in [5.41, 5.74) is -1.55. The predicted molar refractivity (Wildman–Crippen MR) is 183 cm³/mol. The summed E-state index contributed by atoms with van der Waals surface area (Å²) in [5, 5.41) is 0. The number of hydrogen-bond acceptors (Lipinski definition) is 9. The number of nitrogens with zero attached hydrogens (tertiary/aromatic N) is 6. The third-order valence-electron chi connectivity index (χ3n) is 11.5. The third-order valence-corrected chi connectivity index (χ3v) is 11.5. The second-order valence-corrected chi connectivity index (χ2v) is 14.4. The molecule has 1 aromatic rings. The molecule has 0 aliphatic heterocycles. The second-order valence-electron chi connectivity index (χ2n) is 14.4. The Bertz CT molecular complexity index is 1310. The molecular weight excluding hydrogens is 612 g/mol. The van der Waals surface area contributed by atoms with Gasteiger partial charge in [0.25, 0.3) is 0 Å². The first-order valence-electron chi connectivity index (χ1n) is 18.5. The Morgan fingerprint density at radius 1 is 0.479 bits per heavy atom. The molecule has 3 unspecified atom stereocenters. The van der Waals surface area contributed by atoms with Gasteiger partial charge in [0.2, 0.25) is 18.2 Å². The topological polar surface area (TPSA) is 154 Å². The molecule has 1 heterocycles. The van der Waals surface area contributed by atoms with Crippen molar-refractivity contribution in [1.82, 2.24) is 13.7 Å². The Kier molecular flexibility index (Phi) is 14.3. The molecule has 48 heavy (non-hydrogen) atoms. The summed E-state index contributed by atoms with van der Waals surface area (Å²) in [6, 6.07) is -1.42. The number of rotatable bonds is 15. The van der Waals surface area contributed by atoms with Crippen LogP contribution >= 0.6 is 0 Å². The molecule has 4 rings (SSSR count). The molecule has 3 fully saturated rings. The van der Waals surface area contributed by atoms with Crippen molar-refractivity contribution in [3.8, 4) is 0 Å². The monoisotopic (exact) mass is 666 g/mol. The molecule has 0 amide bonds. The largest absolute Gasteiger partial charge is 0.336 e. The summed E-state index contributed by atoms with van der Waals surface area (Å²) >= 11 is 0. The molecule has 3 aliphatic rings. The Morgan fingerprint density at radius 3 is 0.896 bits per heavy atom. The molecule has 1 aromatic heterocycles. The van der Waals surface area contributed by atoms with Gasteiger partial charge in [0.05, 0.1) is 18.1 Å². The molecule has 3 atom stereocenters. The molecule has 12 nitrogen and oxygen atoms in total. The summed E-state index contributed by atoms with van der Waals surface area (Å²) in [5.74, 6) is 0.112. The van der Waals surface area contributed by atoms with Gasteiger partial charge in [0.1, 0.15) is 0 Å². The van der Waals surface area contributed by atoms with Gasteiger partial charge in [-0.15, -0.1) is 0 Å². The van der Waals surface area contributed by atoms with E-state index in [9.17, 15) is 28.8 Å². The highest BCUT2D eigenvalue weighted by Crippen LogP contribution is 2.39. The van der Waals surface area contributed by atoms with Crippen molar-refractivity contribution in [2.45, 2.75) is 173 Å². The van der Waals surface area contributed by atoms with Crippen molar-refractivity contribution in [1.29, 1.82) is 0 Å². The van der Waals surface area contributed by atoms with Gasteiger partial charge < -0.3 is 0 Å². The molecule has 0 spiro atoms. The fourth-order valence-electron chi connectivity index (χ4n) is 9.13. The van der Waals surface area contributed by atoms with E-state index in [4.69, 9.17) is 0 Å². The van der Waals surface area contributed by atoms with E-state index >= 15 is 0 Å². The fourth-order valence-corrected chi connectivity index (χ4v) is 9.13. The van der Waals surface area contributed by atoms with Gasteiger partial charge >= 0.3 is 17.1 Å². The molecule has 0 bridgehead atoms. The summed E-state index contributed by atoms with van der Waals surface area (Å²) in [7, 11) is 0. The van der Waals surface area contributed by atoms with Crippen LogP contribution in [0.3, 0.4) is 0 Å². The van der Waals surface area contributed by atoms with Gasteiger partial charge in [0, 0.05) is 18.1 Å². The number of carbonyl (C=O) groups excluding carboxylic acids is 3. The van der Waals surface area contributed by atoms with E-state index in [1.54, 1.807) is 18.2 Å². The lowest BCUT2D eigenvalue weighted by molar-refractivity contribution is 0.161. The summed E-state index contributed by atoms with van der Waals surface area (Å²) in [6.07, 6.45) is 17.8. The van der Waals surface area contributed by atoms with Crippen LogP contribution in [-0.4, -0.2) is 50.1 Å². The van der Waals surface area contributed by atoms with Crippen LogP contribution in [0.1, 0.15) is 154 Å². The minimum absolute atomic E-state index is 0.0374. The molecule has 0 radical (unpaired) electrons. The minimum atomic E-state index is -0.515. The maximum Gasteiger partial charge on any atom is 0.336 e. The van der Waals surface area contributed by atoms with E-state index < -0.39 is 17.1 Å². The average Bonchev–Trinajstić information content (AvgIpc) is 3.09. The number of aliphatic imine (C=N–C) groups is 3. The zero-order valence-electron chi connectivity index (χ0n) is 29.1. The predicted octanol–water partition coefficient (Wildman–Crippen LogP) is 5.88. The van der Waals surface area contributed by atoms with E-state index in [2.05, 4.69) is 35.7 Å². The van der Waals surface area contributed by atoms with Crippen molar-refractivity contribution < 1.29 is 14.4 Å². The Labute approximate surface area is 282 Å². The summed E-state index contributed by atoms with van der Waals surface area (Å²) in [4.78, 5) is 89.1. The highest BCUT2D eigenvalue weighted by molar-refractivity contribution is 5.34. The smallest absolute Gasteiger partial charge is 0.247 e. The molecule has 0 aromatic carbocycles. The zero-order chi connectivity index (χ0) is 34.6. The standard InChI is InChI=1S/C36H54N6O6/c1-4-7-31(25-10-16-28(17-11-25)37-22-43)40-34(46)41(32(8-5-2)26-12-18-29(19-13-26)38-23-44)36(48)42(35(40)47)33(9-6-3)27-14-20-30(21-15-27)39-24-45/h25-33H,4-21H2,1-3H3. The third kappa shape index (κ3) is 8.58. The van der Waals surface area contributed by atoms with Gasteiger partial charge in [-0.1, -0.05) is 40.0 Å². The molecule has 3 aliphatic carbocycles. The number of aromatic nitrogens is 3. The van der Waals surface area contributed by atoms with Crippen molar-refractivity contribution in [3.05, 3.63) is 31.5 Å². The van der Waals surface area contributed by atoms with Gasteiger partial charge in [-0.3, -0.25) is 0 Å². The molecular formula is C36H54N6O6. The van der Waals surface area contributed by atoms with Gasteiger partial charge in [0.15, 0.2) is 0 Å². The van der Waals surface area contributed by atoms with Crippen LogP contribution in [0.2, 0.25) is 0 Å². The van der Waals surface area contributed by atoms with E-state index in [1.807, 2.05) is 0 Å². The van der Waals surface area contributed by atoms with Gasteiger partial charge in [-0.05, 0) is 114 Å². The lowest BCUT2D eigenvalue weighted by Crippen LogP contribution is -2.59. The first-order valence-corrected chi connectivity index (χ1v) is 18.5. The van der Waals surface area contributed by atoms with Crippen LogP contribution in [0.4, 0.5) is 0 Å².